The van der Waals surface area contributed by atoms with Gasteiger partial charge in [-0.15, -0.1) is 0 Å². The van der Waals surface area contributed by atoms with Gasteiger partial charge in [0, 0.05) is 29.2 Å². The third kappa shape index (κ3) is 3.68. The number of imidazole rings is 1. The van der Waals surface area contributed by atoms with E-state index in [2.05, 4.69) is 20.3 Å². The summed E-state index contributed by atoms with van der Waals surface area (Å²) >= 11 is 0. The van der Waals surface area contributed by atoms with Gasteiger partial charge in [-0.25, -0.2) is 15.0 Å². The Labute approximate surface area is 183 Å². The quantitative estimate of drug-likeness (QED) is 0.420. The molecule has 3 aromatic heterocycles. The van der Waals surface area contributed by atoms with Crippen molar-refractivity contribution in [1.29, 1.82) is 5.26 Å². The highest BCUT2D eigenvalue weighted by Crippen LogP contribution is 2.21. The Morgan fingerprint density at radius 2 is 1.66 bits per heavy atom. The maximum absolute atomic E-state index is 12.7. The van der Waals surface area contributed by atoms with Gasteiger partial charge in [0.15, 0.2) is 5.78 Å². The van der Waals surface area contributed by atoms with Gasteiger partial charge in [-0.2, -0.15) is 5.26 Å². The molecule has 5 aromatic rings. The van der Waals surface area contributed by atoms with Crippen molar-refractivity contribution < 1.29 is 4.79 Å². The zero-order valence-electron chi connectivity index (χ0n) is 16.8. The van der Waals surface area contributed by atoms with Crippen molar-refractivity contribution in [3.8, 4) is 17.5 Å². The van der Waals surface area contributed by atoms with Gasteiger partial charge in [0.1, 0.15) is 5.65 Å². The molecule has 0 saturated heterocycles. The summed E-state index contributed by atoms with van der Waals surface area (Å²) < 4.78 is 1.97. The van der Waals surface area contributed by atoms with Crippen LogP contribution in [0.4, 0.5) is 11.6 Å². The van der Waals surface area contributed by atoms with Crippen LogP contribution in [0.25, 0.3) is 17.0 Å². The molecule has 152 valence electrons. The number of rotatable bonds is 5. The van der Waals surface area contributed by atoms with Crippen molar-refractivity contribution in [2.45, 2.75) is 0 Å². The number of ketones is 1. The van der Waals surface area contributed by atoms with E-state index in [1.807, 2.05) is 40.9 Å². The van der Waals surface area contributed by atoms with Gasteiger partial charge in [0.25, 0.3) is 0 Å². The molecule has 2 aromatic carbocycles. The maximum Gasteiger partial charge on any atom is 0.227 e. The van der Waals surface area contributed by atoms with E-state index < -0.39 is 0 Å². The monoisotopic (exact) mass is 416 g/mol. The molecule has 5 rings (SSSR count). The van der Waals surface area contributed by atoms with Gasteiger partial charge in [-0.3, -0.25) is 9.20 Å². The molecule has 0 fully saturated rings. The molecule has 3 heterocycles. The molecule has 0 bridgehead atoms. The van der Waals surface area contributed by atoms with Crippen molar-refractivity contribution in [2.24, 2.45) is 0 Å². The number of nitrogens with one attached hydrogen (secondary N) is 1. The van der Waals surface area contributed by atoms with E-state index in [1.54, 1.807) is 60.9 Å². The van der Waals surface area contributed by atoms with Crippen LogP contribution in [-0.2, 0) is 0 Å². The molecule has 0 unspecified atom stereocenters. The number of carbonyl (C=O) groups is 1. The van der Waals surface area contributed by atoms with Crippen molar-refractivity contribution >= 4 is 23.1 Å². The van der Waals surface area contributed by atoms with Gasteiger partial charge in [0.05, 0.1) is 29.2 Å². The molecule has 0 aliphatic heterocycles. The average molecular weight is 416 g/mol. The molecule has 0 aliphatic rings. The highest BCUT2D eigenvalue weighted by atomic mass is 16.1. The Morgan fingerprint density at radius 3 is 2.41 bits per heavy atom. The molecule has 0 radical (unpaired) electrons. The zero-order valence-corrected chi connectivity index (χ0v) is 16.8. The summed E-state index contributed by atoms with van der Waals surface area (Å²) in [6.45, 7) is 0. The molecule has 7 heteroatoms. The van der Waals surface area contributed by atoms with Crippen LogP contribution in [0.5, 0.6) is 0 Å². The number of carbonyl (C=O) groups excluding carboxylic acids is 1. The third-order valence-corrected chi connectivity index (χ3v) is 5.01. The van der Waals surface area contributed by atoms with Gasteiger partial charge < -0.3 is 5.32 Å². The van der Waals surface area contributed by atoms with Gasteiger partial charge in [-0.05, 0) is 66.7 Å². The van der Waals surface area contributed by atoms with E-state index in [-0.39, 0.29) is 5.78 Å². The Morgan fingerprint density at radius 1 is 0.906 bits per heavy atom. The average Bonchev–Trinajstić information content (AvgIpc) is 3.29. The summed E-state index contributed by atoms with van der Waals surface area (Å²) in [5, 5.41) is 12.1. The van der Waals surface area contributed by atoms with Crippen molar-refractivity contribution in [2.75, 3.05) is 5.32 Å². The van der Waals surface area contributed by atoms with E-state index in [0.29, 0.717) is 22.6 Å². The summed E-state index contributed by atoms with van der Waals surface area (Å²) in [5.74, 6) is 0.339. The van der Waals surface area contributed by atoms with E-state index >= 15 is 0 Å². The van der Waals surface area contributed by atoms with E-state index in [1.165, 1.54) is 0 Å². The Balaban J connectivity index is 1.35. The predicted molar refractivity (Wildman–Crippen MR) is 121 cm³/mol. The predicted octanol–water partition coefficient (Wildman–Crippen LogP) is 4.64. The minimum atomic E-state index is -0.105. The Kier molecular flexibility index (Phi) is 4.86. The molecule has 0 amide bonds. The highest BCUT2D eigenvalue weighted by molar-refractivity contribution is 6.09. The molecule has 1 N–H and O–H groups in total. The fraction of sp³-hybridized carbons (Fsp3) is 0. The fourth-order valence-corrected chi connectivity index (χ4v) is 3.38. The van der Waals surface area contributed by atoms with Crippen LogP contribution in [0.1, 0.15) is 21.5 Å². The van der Waals surface area contributed by atoms with Crippen LogP contribution >= 0.6 is 0 Å². The largest absolute Gasteiger partial charge is 0.324 e. The smallest absolute Gasteiger partial charge is 0.227 e. The lowest BCUT2D eigenvalue weighted by molar-refractivity contribution is 0.103. The van der Waals surface area contributed by atoms with Crippen molar-refractivity contribution in [3.63, 3.8) is 0 Å². The van der Waals surface area contributed by atoms with Crippen LogP contribution in [0.15, 0.2) is 91.4 Å². The van der Waals surface area contributed by atoms with Crippen LogP contribution in [0, 0.1) is 11.3 Å². The first-order valence-corrected chi connectivity index (χ1v) is 9.89. The Bertz CT molecular complexity index is 1460. The number of hydrogen-bond acceptors (Lipinski definition) is 6. The molecule has 0 aliphatic carbocycles. The number of aromatic nitrogens is 4. The first-order chi connectivity index (χ1) is 15.7. The second-order valence-corrected chi connectivity index (χ2v) is 7.06. The van der Waals surface area contributed by atoms with E-state index in [0.717, 1.165) is 22.7 Å². The maximum atomic E-state index is 12.7. The molecule has 0 saturated carbocycles. The lowest BCUT2D eigenvalue weighted by atomic mass is 10.0. The number of nitriles is 1. The van der Waals surface area contributed by atoms with Crippen molar-refractivity contribution in [1.82, 2.24) is 19.4 Å². The molecular weight excluding hydrogens is 400 g/mol. The number of anilines is 2. The number of benzene rings is 2. The SMILES string of the molecule is N#Cc1ccc(C(=O)c2ccc(Nc3nccc(-c4cnc5ccccn45)n3)cc2)cc1. The first-order valence-electron chi connectivity index (χ1n) is 9.89. The normalized spacial score (nSPS) is 10.6. The number of hydrogen-bond donors (Lipinski definition) is 1. The molecule has 32 heavy (non-hydrogen) atoms. The van der Waals surface area contributed by atoms with Crippen LogP contribution < -0.4 is 5.32 Å². The molecular formula is C25H16N6O. The second-order valence-electron chi connectivity index (χ2n) is 7.06. The van der Waals surface area contributed by atoms with Gasteiger partial charge >= 0.3 is 0 Å². The standard InChI is InChI=1S/C25H16N6O/c26-15-17-4-6-18(7-5-17)24(32)19-8-10-20(11-9-19)29-25-27-13-12-21(30-25)22-16-28-23-3-1-2-14-31(22)23/h1-14,16H,(H,27,29,30). The van der Waals surface area contributed by atoms with E-state index in [4.69, 9.17) is 5.26 Å². The summed E-state index contributed by atoms with van der Waals surface area (Å²) in [6.07, 6.45) is 5.41. The van der Waals surface area contributed by atoms with Gasteiger partial charge in [0.2, 0.25) is 5.95 Å². The number of nitrogens with zero attached hydrogens (tertiary/aromatic N) is 5. The first kappa shape index (κ1) is 19.2. The third-order valence-electron chi connectivity index (χ3n) is 5.01. The van der Waals surface area contributed by atoms with Gasteiger partial charge in [-0.1, -0.05) is 6.07 Å². The molecule has 0 spiro atoms. The topological polar surface area (TPSA) is 96.0 Å². The minimum Gasteiger partial charge on any atom is -0.324 e. The summed E-state index contributed by atoms with van der Waals surface area (Å²) in [7, 11) is 0. The number of pyridine rings is 1. The second kappa shape index (κ2) is 8.13. The van der Waals surface area contributed by atoms with Crippen molar-refractivity contribution in [3.05, 3.63) is 108 Å². The highest BCUT2D eigenvalue weighted by Gasteiger charge is 2.11. The lowest BCUT2D eigenvalue weighted by Crippen LogP contribution is -2.02. The zero-order chi connectivity index (χ0) is 21.9. The van der Waals surface area contributed by atoms with Crippen LogP contribution in [0.2, 0.25) is 0 Å². The van der Waals surface area contributed by atoms with Crippen LogP contribution in [0.3, 0.4) is 0 Å². The van der Waals surface area contributed by atoms with Crippen LogP contribution in [-0.4, -0.2) is 25.1 Å². The Hall–Kier alpha value is -4.83. The number of fused-ring (bicyclic) bond motifs is 1. The lowest BCUT2D eigenvalue weighted by Gasteiger charge is -2.08. The van der Waals surface area contributed by atoms with E-state index in [9.17, 15) is 4.79 Å². The summed E-state index contributed by atoms with van der Waals surface area (Å²) in [4.78, 5) is 26.0. The minimum absolute atomic E-state index is 0.105. The summed E-state index contributed by atoms with van der Waals surface area (Å²) in [5.41, 5.74) is 4.83. The molecule has 0 atom stereocenters. The summed E-state index contributed by atoms with van der Waals surface area (Å²) in [6, 6.07) is 23.4. The fourth-order valence-electron chi connectivity index (χ4n) is 3.38. The molecule has 7 nitrogen and oxygen atoms in total.